The molecule has 0 aliphatic heterocycles. The first-order chi connectivity index (χ1) is 17.2. The molecule has 1 aromatic heterocycles. The molecule has 0 aliphatic rings. The van der Waals surface area contributed by atoms with Crippen molar-refractivity contribution >= 4 is 5.91 Å². The molecule has 0 saturated carbocycles. The Labute approximate surface area is 205 Å². The zero-order valence-electron chi connectivity index (χ0n) is 19.8. The molecule has 1 heterocycles. The second-order valence-corrected chi connectivity index (χ2v) is 8.09. The third-order valence-corrected chi connectivity index (χ3v) is 5.61. The van der Waals surface area contributed by atoms with Gasteiger partial charge < -0.3 is 18.9 Å². The number of nitrogens with zero attached hydrogens (tertiary/aromatic N) is 3. The van der Waals surface area contributed by atoms with Crippen LogP contribution in [0.15, 0.2) is 89.5 Å². The van der Waals surface area contributed by atoms with E-state index in [4.69, 9.17) is 14.0 Å². The molecule has 0 radical (unpaired) electrons. The number of carbonyl (C=O) groups is 1. The van der Waals surface area contributed by atoms with Crippen molar-refractivity contribution in [2.75, 3.05) is 26.8 Å². The van der Waals surface area contributed by atoms with Crippen LogP contribution in [0.3, 0.4) is 0 Å². The Hall–Kier alpha value is -3.97. The van der Waals surface area contributed by atoms with E-state index in [-0.39, 0.29) is 12.5 Å². The van der Waals surface area contributed by atoms with Gasteiger partial charge in [0.1, 0.15) is 12.4 Å². The lowest BCUT2D eigenvalue weighted by molar-refractivity contribution is -0.136. The molecule has 4 rings (SSSR count). The molecule has 0 atom stereocenters. The first-order valence-corrected chi connectivity index (χ1v) is 11.6. The molecule has 0 bridgehead atoms. The van der Waals surface area contributed by atoms with Crippen LogP contribution >= 0.6 is 0 Å². The molecule has 0 spiro atoms. The van der Waals surface area contributed by atoms with Gasteiger partial charge in [-0.25, -0.2) is 0 Å². The monoisotopic (exact) mass is 471 g/mol. The van der Waals surface area contributed by atoms with E-state index in [0.29, 0.717) is 37.8 Å². The summed E-state index contributed by atoms with van der Waals surface area (Å²) >= 11 is 0. The number of amides is 1. The molecule has 0 aliphatic carbocycles. The fourth-order valence-electron chi connectivity index (χ4n) is 3.64. The van der Waals surface area contributed by atoms with Crippen LogP contribution in [0.2, 0.25) is 0 Å². The van der Waals surface area contributed by atoms with Gasteiger partial charge in [-0.2, -0.15) is 4.98 Å². The zero-order chi connectivity index (χ0) is 24.3. The Morgan fingerprint density at radius 2 is 1.51 bits per heavy atom. The van der Waals surface area contributed by atoms with Gasteiger partial charge >= 0.3 is 0 Å². The quantitative estimate of drug-likeness (QED) is 0.301. The summed E-state index contributed by atoms with van der Waals surface area (Å²) in [4.78, 5) is 19.3. The Morgan fingerprint density at radius 1 is 0.857 bits per heavy atom. The largest absolute Gasteiger partial charge is 0.497 e. The van der Waals surface area contributed by atoms with Gasteiger partial charge in [-0.15, -0.1) is 0 Å². The molecule has 0 unspecified atom stereocenters. The maximum Gasteiger partial charge on any atom is 0.248 e. The van der Waals surface area contributed by atoms with Crippen LogP contribution in [0.25, 0.3) is 11.4 Å². The van der Waals surface area contributed by atoms with E-state index in [0.717, 1.165) is 23.3 Å². The van der Waals surface area contributed by atoms with Crippen molar-refractivity contribution in [3.63, 3.8) is 0 Å². The molecule has 3 aromatic carbocycles. The number of hydrogen-bond acceptors (Lipinski definition) is 6. The van der Waals surface area contributed by atoms with Crippen molar-refractivity contribution in [1.29, 1.82) is 0 Å². The average molecular weight is 472 g/mol. The summed E-state index contributed by atoms with van der Waals surface area (Å²) in [6, 6.07) is 27.4. The van der Waals surface area contributed by atoms with E-state index in [1.807, 2.05) is 72.8 Å². The van der Waals surface area contributed by atoms with Crippen molar-refractivity contribution < 1.29 is 18.8 Å². The molecule has 180 valence electrons. The number of benzene rings is 3. The van der Waals surface area contributed by atoms with Gasteiger partial charge in [0.05, 0.1) is 13.7 Å². The summed E-state index contributed by atoms with van der Waals surface area (Å²) in [5, 5.41) is 4.09. The summed E-state index contributed by atoms with van der Waals surface area (Å²) in [6.45, 7) is 1.46. The molecule has 35 heavy (non-hydrogen) atoms. The van der Waals surface area contributed by atoms with E-state index in [1.54, 1.807) is 12.0 Å². The van der Waals surface area contributed by atoms with Crippen molar-refractivity contribution in [2.45, 2.75) is 19.4 Å². The standard InChI is InChI=1S/C28H29N3O4/c1-33-25-14-12-24(13-15-25)28-29-26(35-30-28)17-19-31(18-16-22-8-4-2-5-9-22)27(32)21-34-20-23-10-6-3-7-11-23/h2-15H,16-21H2,1H3. The van der Waals surface area contributed by atoms with Gasteiger partial charge in [0.2, 0.25) is 17.6 Å². The van der Waals surface area contributed by atoms with Crippen LogP contribution < -0.4 is 4.74 Å². The van der Waals surface area contributed by atoms with Crippen LogP contribution in [0.1, 0.15) is 17.0 Å². The fourth-order valence-corrected chi connectivity index (χ4v) is 3.64. The number of aromatic nitrogens is 2. The smallest absolute Gasteiger partial charge is 0.248 e. The van der Waals surface area contributed by atoms with E-state index in [2.05, 4.69) is 22.3 Å². The lowest BCUT2D eigenvalue weighted by Gasteiger charge is -2.22. The number of hydrogen-bond donors (Lipinski definition) is 0. The van der Waals surface area contributed by atoms with Gasteiger partial charge in [0.15, 0.2) is 0 Å². The van der Waals surface area contributed by atoms with Gasteiger partial charge in [-0.05, 0) is 41.8 Å². The van der Waals surface area contributed by atoms with Crippen molar-refractivity contribution in [1.82, 2.24) is 15.0 Å². The van der Waals surface area contributed by atoms with Crippen LogP contribution in [0.5, 0.6) is 5.75 Å². The van der Waals surface area contributed by atoms with Crippen molar-refractivity contribution in [3.05, 3.63) is 102 Å². The third-order valence-electron chi connectivity index (χ3n) is 5.61. The van der Waals surface area contributed by atoms with E-state index in [1.165, 1.54) is 5.56 Å². The van der Waals surface area contributed by atoms with Crippen molar-refractivity contribution in [3.8, 4) is 17.1 Å². The van der Waals surface area contributed by atoms with Gasteiger partial charge in [-0.1, -0.05) is 65.8 Å². The highest BCUT2D eigenvalue weighted by Gasteiger charge is 2.16. The molecule has 0 N–H and O–H groups in total. The molecular formula is C28H29N3O4. The van der Waals surface area contributed by atoms with Gasteiger partial charge in [-0.3, -0.25) is 4.79 Å². The van der Waals surface area contributed by atoms with E-state index >= 15 is 0 Å². The molecule has 7 heteroatoms. The average Bonchev–Trinajstić information content (AvgIpc) is 3.39. The Balaban J connectivity index is 1.35. The van der Waals surface area contributed by atoms with Crippen LogP contribution in [-0.2, 0) is 29.0 Å². The minimum absolute atomic E-state index is 0.0185. The molecule has 1 amide bonds. The highest BCUT2D eigenvalue weighted by molar-refractivity contribution is 5.77. The first-order valence-electron chi connectivity index (χ1n) is 11.6. The van der Waals surface area contributed by atoms with E-state index < -0.39 is 0 Å². The molecule has 7 nitrogen and oxygen atoms in total. The topological polar surface area (TPSA) is 77.7 Å². The Bertz CT molecular complexity index is 1180. The van der Waals surface area contributed by atoms with E-state index in [9.17, 15) is 4.79 Å². The minimum Gasteiger partial charge on any atom is -0.497 e. The van der Waals surface area contributed by atoms with Gasteiger partial charge in [0.25, 0.3) is 0 Å². The Morgan fingerprint density at radius 3 is 2.20 bits per heavy atom. The summed E-state index contributed by atoms with van der Waals surface area (Å²) in [7, 11) is 1.62. The summed E-state index contributed by atoms with van der Waals surface area (Å²) < 4.78 is 16.3. The van der Waals surface area contributed by atoms with Crippen LogP contribution in [0, 0.1) is 0 Å². The predicted molar refractivity (Wildman–Crippen MR) is 133 cm³/mol. The number of ether oxygens (including phenoxy) is 2. The molecular weight excluding hydrogens is 442 g/mol. The molecule has 4 aromatic rings. The fraction of sp³-hybridized carbons (Fsp3) is 0.250. The SMILES string of the molecule is COc1ccc(-c2noc(CCN(CCc3ccccc3)C(=O)COCc3ccccc3)n2)cc1. The number of carbonyl (C=O) groups excluding carboxylic acids is 1. The highest BCUT2D eigenvalue weighted by Crippen LogP contribution is 2.20. The summed E-state index contributed by atoms with van der Waals surface area (Å²) in [6.07, 6.45) is 1.22. The summed E-state index contributed by atoms with van der Waals surface area (Å²) in [5.74, 6) is 1.70. The normalized spacial score (nSPS) is 10.8. The van der Waals surface area contributed by atoms with Crippen LogP contribution in [-0.4, -0.2) is 47.8 Å². The second-order valence-electron chi connectivity index (χ2n) is 8.09. The first kappa shape index (κ1) is 24.2. The lowest BCUT2D eigenvalue weighted by atomic mass is 10.1. The van der Waals surface area contributed by atoms with Crippen LogP contribution in [0.4, 0.5) is 0 Å². The molecule has 0 fully saturated rings. The maximum absolute atomic E-state index is 13.0. The minimum atomic E-state index is -0.0632. The Kier molecular flexibility index (Phi) is 8.62. The number of rotatable bonds is 12. The summed E-state index contributed by atoms with van der Waals surface area (Å²) in [5.41, 5.74) is 3.05. The number of methoxy groups -OCH3 is 1. The lowest BCUT2D eigenvalue weighted by Crippen LogP contribution is -2.37. The highest BCUT2D eigenvalue weighted by atomic mass is 16.5. The van der Waals surface area contributed by atoms with Crippen molar-refractivity contribution in [2.24, 2.45) is 0 Å². The van der Waals surface area contributed by atoms with Gasteiger partial charge in [0, 0.05) is 25.1 Å². The third kappa shape index (κ3) is 7.25. The second kappa shape index (κ2) is 12.5. The maximum atomic E-state index is 13.0. The molecule has 0 saturated heterocycles. The predicted octanol–water partition coefficient (Wildman–Crippen LogP) is 4.58. The zero-order valence-corrected chi connectivity index (χ0v) is 19.8.